The number of sulfonamides is 1. The minimum atomic E-state index is -3.88. The van der Waals surface area contributed by atoms with Crippen LogP contribution < -0.4 is 19.5 Å². The Morgan fingerprint density at radius 3 is 2.38 bits per heavy atom. The minimum Gasteiger partial charge on any atom is -0.491 e. The minimum absolute atomic E-state index is 0.0147. The summed E-state index contributed by atoms with van der Waals surface area (Å²) < 4.78 is 38.4. The molecule has 0 radical (unpaired) electrons. The number of carbonyl (C=O) groups excluding carboxylic acids is 1. The van der Waals surface area contributed by atoms with Gasteiger partial charge in [-0.15, -0.1) is 0 Å². The van der Waals surface area contributed by atoms with E-state index >= 15 is 0 Å². The number of aryl methyl sites for hydroxylation is 1. The molecule has 0 saturated heterocycles. The van der Waals surface area contributed by atoms with Crippen molar-refractivity contribution in [2.24, 2.45) is 0 Å². The first-order valence-electron chi connectivity index (χ1n) is 9.96. The third-order valence-electron chi connectivity index (χ3n) is 4.14. The lowest BCUT2D eigenvalue weighted by Crippen LogP contribution is -2.27. The topological polar surface area (TPSA) is 107 Å². The number of hydrogen-bond donors (Lipinski definition) is 2. The molecule has 0 bridgehead atoms. The van der Waals surface area contributed by atoms with Crippen LogP contribution in [-0.2, 0) is 14.8 Å². The number of hydrogen-bond acceptors (Lipinski definition) is 6. The van der Waals surface area contributed by atoms with Gasteiger partial charge in [-0.05, 0) is 80.9 Å². The van der Waals surface area contributed by atoms with Crippen molar-refractivity contribution < 1.29 is 22.7 Å². The molecule has 3 aromatic rings. The molecule has 2 aromatic carbocycles. The van der Waals surface area contributed by atoms with Crippen molar-refractivity contribution >= 4 is 27.3 Å². The molecule has 0 spiro atoms. The Kier molecular flexibility index (Phi) is 7.32. The molecule has 32 heavy (non-hydrogen) atoms. The first-order valence-corrected chi connectivity index (χ1v) is 11.6. The van der Waals surface area contributed by atoms with Gasteiger partial charge in [-0.2, -0.15) is 0 Å². The molecule has 0 unspecified atom stereocenters. The predicted octanol–water partition coefficient (Wildman–Crippen LogP) is 4.35. The van der Waals surface area contributed by atoms with Crippen LogP contribution in [0.5, 0.6) is 17.2 Å². The van der Waals surface area contributed by atoms with Gasteiger partial charge in [0, 0.05) is 17.6 Å². The van der Waals surface area contributed by atoms with Crippen LogP contribution in [0.1, 0.15) is 19.4 Å². The van der Waals surface area contributed by atoms with Gasteiger partial charge in [0.1, 0.15) is 23.0 Å². The van der Waals surface area contributed by atoms with Crippen molar-refractivity contribution in [2.75, 3.05) is 15.8 Å². The second kappa shape index (κ2) is 10.1. The van der Waals surface area contributed by atoms with Crippen LogP contribution in [0, 0.1) is 6.92 Å². The zero-order valence-electron chi connectivity index (χ0n) is 18.0. The average molecular weight is 456 g/mol. The molecule has 0 aliphatic rings. The summed E-state index contributed by atoms with van der Waals surface area (Å²) >= 11 is 0. The van der Waals surface area contributed by atoms with Gasteiger partial charge in [0.15, 0.2) is 0 Å². The average Bonchev–Trinajstić information content (AvgIpc) is 2.71. The molecule has 2 N–H and O–H groups in total. The number of benzene rings is 2. The number of carbonyl (C=O) groups is 1. The lowest BCUT2D eigenvalue weighted by Gasteiger charge is -2.12. The van der Waals surface area contributed by atoms with E-state index in [1.165, 1.54) is 0 Å². The SMILES string of the molecule is Cc1cc(NC(=O)CS(=O)(=O)Nc2ccc(OC(C)C)cc2)ccc1Oc1cccnc1. The Morgan fingerprint density at radius 2 is 1.75 bits per heavy atom. The molecule has 1 heterocycles. The molecule has 0 atom stereocenters. The smallest absolute Gasteiger partial charge is 0.241 e. The Bertz CT molecular complexity index is 1160. The standard InChI is InChI=1S/C23H25N3O5S/c1-16(2)30-20-9-6-18(7-10-20)26-32(28,29)15-23(27)25-19-8-11-22(17(3)13-19)31-21-5-4-12-24-14-21/h4-14,16,26H,15H2,1-3H3,(H,25,27). The van der Waals surface area contributed by atoms with Gasteiger partial charge >= 0.3 is 0 Å². The molecule has 9 heteroatoms. The Labute approximate surface area is 187 Å². The molecule has 3 rings (SSSR count). The van der Waals surface area contributed by atoms with E-state index in [1.807, 2.05) is 20.8 Å². The molecule has 1 amide bonds. The summed E-state index contributed by atoms with van der Waals surface area (Å²) in [6.45, 7) is 5.63. The fourth-order valence-electron chi connectivity index (χ4n) is 2.84. The lowest BCUT2D eigenvalue weighted by atomic mass is 10.2. The Morgan fingerprint density at radius 1 is 1.03 bits per heavy atom. The largest absolute Gasteiger partial charge is 0.491 e. The van der Waals surface area contributed by atoms with Crippen LogP contribution in [0.15, 0.2) is 67.0 Å². The number of amides is 1. The number of aromatic nitrogens is 1. The molecule has 1 aromatic heterocycles. The van der Waals surface area contributed by atoms with Gasteiger partial charge < -0.3 is 14.8 Å². The van der Waals surface area contributed by atoms with Gasteiger partial charge in [0.25, 0.3) is 0 Å². The maximum absolute atomic E-state index is 12.4. The van der Waals surface area contributed by atoms with E-state index in [-0.39, 0.29) is 6.10 Å². The zero-order chi connectivity index (χ0) is 23.1. The van der Waals surface area contributed by atoms with E-state index in [4.69, 9.17) is 9.47 Å². The number of nitrogens with zero attached hydrogens (tertiary/aromatic N) is 1. The summed E-state index contributed by atoms with van der Waals surface area (Å²) in [5, 5.41) is 2.60. The maximum atomic E-state index is 12.4. The third-order valence-corrected chi connectivity index (χ3v) is 5.33. The second-order valence-corrected chi connectivity index (χ2v) is 9.09. The van der Waals surface area contributed by atoms with Crippen molar-refractivity contribution in [3.05, 3.63) is 72.6 Å². The van der Waals surface area contributed by atoms with E-state index in [0.717, 1.165) is 5.56 Å². The summed E-state index contributed by atoms with van der Waals surface area (Å²) in [4.78, 5) is 16.3. The van der Waals surface area contributed by atoms with E-state index in [1.54, 1.807) is 67.0 Å². The highest BCUT2D eigenvalue weighted by molar-refractivity contribution is 7.93. The molecular weight excluding hydrogens is 430 g/mol. The Balaban J connectivity index is 1.57. The van der Waals surface area contributed by atoms with Crippen LogP contribution in [0.25, 0.3) is 0 Å². The van der Waals surface area contributed by atoms with Gasteiger partial charge in [-0.3, -0.25) is 14.5 Å². The highest BCUT2D eigenvalue weighted by Crippen LogP contribution is 2.27. The molecule has 0 fully saturated rings. The van der Waals surface area contributed by atoms with Crippen LogP contribution in [-0.4, -0.2) is 31.2 Å². The van der Waals surface area contributed by atoms with E-state index in [2.05, 4.69) is 15.0 Å². The normalized spacial score (nSPS) is 11.1. The number of pyridine rings is 1. The van der Waals surface area contributed by atoms with Crippen molar-refractivity contribution in [1.29, 1.82) is 0 Å². The van der Waals surface area contributed by atoms with Crippen LogP contribution >= 0.6 is 0 Å². The lowest BCUT2D eigenvalue weighted by molar-refractivity contribution is -0.113. The van der Waals surface area contributed by atoms with Crippen LogP contribution in [0.2, 0.25) is 0 Å². The number of ether oxygens (including phenoxy) is 2. The molecular formula is C23H25N3O5S. The number of nitrogens with one attached hydrogen (secondary N) is 2. The molecule has 0 aliphatic carbocycles. The summed E-state index contributed by atoms with van der Waals surface area (Å²) in [6, 6.07) is 15.1. The first kappa shape index (κ1) is 23.1. The van der Waals surface area contributed by atoms with Crippen LogP contribution in [0.4, 0.5) is 11.4 Å². The quantitative estimate of drug-likeness (QED) is 0.497. The summed E-state index contributed by atoms with van der Waals surface area (Å²) in [5.41, 5.74) is 1.59. The van der Waals surface area contributed by atoms with Gasteiger partial charge in [-0.25, -0.2) is 8.42 Å². The monoisotopic (exact) mass is 455 g/mol. The second-order valence-electron chi connectivity index (χ2n) is 7.37. The number of anilines is 2. The predicted molar refractivity (Wildman–Crippen MR) is 124 cm³/mol. The summed E-state index contributed by atoms with van der Waals surface area (Å²) in [6.07, 6.45) is 3.26. The Hall–Kier alpha value is -3.59. The fraction of sp³-hybridized carbons (Fsp3) is 0.217. The highest BCUT2D eigenvalue weighted by Gasteiger charge is 2.17. The van der Waals surface area contributed by atoms with Crippen molar-refractivity contribution in [1.82, 2.24) is 4.98 Å². The first-order chi connectivity index (χ1) is 15.2. The molecule has 168 valence electrons. The fourth-order valence-corrected chi connectivity index (χ4v) is 3.82. The van der Waals surface area contributed by atoms with E-state index in [0.29, 0.717) is 28.6 Å². The molecule has 0 aliphatic heterocycles. The molecule has 8 nitrogen and oxygen atoms in total. The summed E-state index contributed by atoms with van der Waals surface area (Å²) in [5.74, 6) is 0.456. The van der Waals surface area contributed by atoms with E-state index < -0.39 is 21.7 Å². The van der Waals surface area contributed by atoms with Crippen LogP contribution in [0.3, 0.4) is 0 Å². The van der Waals surface area contributed by atoms with Gasteiger partial charge in [0.2, 0.25) is 15.9 Å². The van der Waals surface area contributed by atoms with Crippen molar-refractivity contribution in [3.8, 4) is 17.2 Å². The zero-order valence-corrected chi connectivity index (χ0v) is 18.8. The number of rotatable bonds is 9. The maximum Gasteiger partial charge on any atom is 0.241 e. The molecule has 0 saturated carbocycles. The highest BCUT2D eigenvalue weighted by atomic mass is 32.2. The van der Waals surface area contributed by atoms with E-state index in [9.17, 15) is 13.2 Å². The van der Waals surface area contributed by atoms with Crippen molar-refractivity contribution in [2.45, 2.75) is 26.9 Å². The summed E-state index contributed by atoms with van der Waals surface area (Å²) in [7, 11) is -3.88. The van der Waals surface area contributed by atoms with Crippen molar-refractivity contribution in [3.63, 3.8) is 0 Å². The van der Waals surface area contributed by atoms with Gasteiger partial charge in [0.05, 0.1) is 12.3 Å². The third kappa shape index (κ3) is 6.98. The van der Waals surface area contributed by atoms with Gasteiger partial charge in [-0.1, -0.05) is 0 Å².